The minimum atomic E-state index is -0.572. The molecule has 2 rings (SSSR count). The number of esters is 1. The molecule has 7 heteroatoms. The summed E-state index contributed by atoms with van der Waals surface area (Å²) in [5, 5.41) is 0.354. The summed E-state index contributed by atoms with van der Waals surface area (Å²) >= 11 is 6.14. The zero-order chi connectivity index (χ0) is 14.7. The minimum absolute atomic E-state index is 0.178. The average molecular weight is 298 g/mol. The van der Waals surface area contributed by atoms with Gasteiger partial charge in [0.15, 0.2) is 0 Å². The quantitative estimate of drug-likeness (QED) is 0.848. The highest BCUT2D eigenvalue weighted by Crippen LogP contribution is 2.28. The van der Waals surface area contributed by atoms with Crippen molar-refractivity contribution in [2.75, 3.05) is 25.1 Å². The zero-order valence-corrected chi connectivity index (χ0v) is 11.9. The summed E-state index contributed by atoms with van der Waals surface area (Å²) < 4.78 is 4.77. The third-order valence-corrected chi connectivity index (χ3v) is 3.64. The summed E-state index contributed by atoms with van der Waals surface area (Å²) in [6, 6.07) is 1.49. The molecule has 0 radical (unpaired) electrons. The number of carbonyl (C=O) groups is 2. The van der Waals surface area contributed by atoms with E-state index in [1.165, 1.54) is 19.4 Å². The second kappa shape index (κ2) is 6.09. The Hall–Kier alpha value is -1.82. The fraction of sp³-hybridized carbons (Fsp3) is 0.462. The molecule has 1 unspecified atom stereocenters. The lowest BCUT2D eigenvalue weighted by atomic mass is 9.98. The summed E-state index contributed by atoms with van der Waals surface area (Å²) in [7, 11) is 1.38. The van der Waals surface area contributed by atoms with Crippen LogP contribution in [-0.2, 0) is 9.53 Å². The van der Waals surface area contributed by atoms with E-state index in [9.17, 15) is 9.59 Å². The number of hydrogen-bond acceptors (Lipinski definition) is 5. The second-order valence-corrected chi connectivity index (χ2v) is 5.11. The number of aromatic nitrogens is 1. The number of methoxy groups -OCH3 is 1. The Kier molecular flexibility index (Phi) is 4.44. The highest BCUT2D eigenvalue weighted by atomic mass is 35.5. The van der Waals surface area contributed by atoms with Gasteiger partial charge in [-0.15, -0.1) is 0 Å². The van der Waals surface area contributed by atoms with Crippen LogP contribution in [0.25, 0.3) is 0 Å². The minimum Gasteiger partial charge on any atom is -0.469 e. The largest absolute Gasteiger partial charge is 0.469 e. The van der Waals surface area contributed by atoms with E-state index >= 15 is 0 Å². The molecule has 1 aliphatic rings. The van der Waals surface area contributed by atoms with Gasteiger partial charge in [-0.2, -0.15) is 0 Å². The van der Waals surface area contributed by atoms with E-state index in [1.807, 2.05) is 4.90 Å². The van der Waals surface area contributed by atoms with Crippen LogP contribution in [-0.4, -0.2) is 37.1 Å². The number of pyridine rings is 1. The Morgan fingerprint density at radius 1 is 1.55 bits per heavy atom. The molecule has 1 atom stereocenters. The van der Waals surface area contributed by atoms with E-state index in [2.05, 4.69) is 4.98 Å². The smallest absolute Gasteiger partial charge is 0.310 e. The molecule has 0 bridgehead atoms. The van der Waals surface area contributed by atoms with Gasteiger partial charge in [-0.25, -0.2) is 4.98 Å². The maximum Gasteiger partial charge on any atom is 0.310 e. The first-order chi connectivity index (χ1) is 9.52. The molecule has 1 aromatic heterocycles. The van der Waals surface area contributed by atoms with Crippen molar-refractivity contribution in [1.29, 1.82) is 0 Å². The van der Waals surface area contributed by atoms with Crippen molar-refractivity contribution >= 4 is 29.3 Å². The third-order valence-electron chi connectivity index (χ3n) is 3.36. The molecule has 0 aromatic carbocycles. The number of piperidine rings is 1. The summed E-state index contributed by atoms with van der Waals surface area (Å²) in [6.45, 7) is 1.27. The summed E-state index contributed by atoms with van der Waals surface area (Å²) in [5.41, 5.74) is 5.44. The fourth-order valence-corrected chi connectivity index (χ4v) is 2.61. The molecular weight excluding hydrogens is 282 g/mol. The molecule has 108 valence electrons. The van der Waals surface area contributed by atoms with Crippen LogP contribution in [0.15, 0.2) is 12.3 Å². The van der Waals surface area contributed by atoms with Gasteiger partial charge in [0, 0.05) is 19.3 Å². The molecule has 0 aliphatic carbocycles. The van der Waals surface area contributed by atoms with E-state index in [0.717, 1.165) is 19.4 Å². The van der Waals surface area contributed by atoms with Gasteiger partial charge < -0.3 is 15.4 Å². The van der Waals surface area contributed by atoms with Crippen molar-refractivity contribution in [3.05, 3.63) is 22.8 Å². The Bertz CT molecular complexity index is 536. The van der Waals surface area contributed by atoms with Gasteiger partial charge in [-0.3, -0.25) is 9.59 Å². The van der Waals surface area contributed by atoms with Crippen molar-refractivity contribution in [1.82, 2.24) is 4.98 Å². The molecule has 1 aliphatic heterocycles. The third kappa shape index (κ3) is 3.01. The number of carbonyl (C=O) groups excluding carboxylic acids is 2. The maximum atomic E-state index is 11.6. The van der Waals surface area contributed by atoms with Crippen molar-refractivity contribution in [3.8, 4) is 0 Å². The first kappa shape index (κ1) is 14.6. The van der Waals surface area contributed by atoms with Crippen molar-refractivity contribution in [3.63, 3.8) is 0 Å². The van der Waals surface area contributed by atoms with Crippen molar-refractivity contribution in [2.24, 2.45) is 11.7 Å². The average Bonchev–Trinajstić information content (AvgIpc) is 2.46. The summed E-state index contributed by atoms with van der Waals surface area (Å²) in [6.07, 6.45) is 3.04. The number of amides is 1. The number of ether oxygens (including phenoxy) is 1. The Labute approximate surface area is 121 Å². The Balaban J connectivity index is 2.19. The molecule has 0 spiro atoms. The van der Waals surface area contributed by atoms with Gasteiger partial charge in [-0.1, -0.05) is 11.6 Å². The fourth-order valence-electron chi connectivity index (χ4n) is 2.33. The highest BCUT2D eigenvalue weighted by Gasteiger charge is 2.28. The number of nitrogens with zero attached hydrogens (tertiary/aromatic N) is 2. The van der Waals surface area contributed by atoms with E-state index in [-0.39, 0.29) is 17.5 Å². The molecule has 1 amide bonds. The highest BCUT2D eigenvalue weighted by molar-refractivity contribution is 6.33. The SMILES string of the molecule is COC(=O)C1CCCN(c2ncc(C(N)=O)cc2Cl)C1. The predicted molar refractivity (Wildman–Crippen MR) is 74.7 cm³/mol. The molecule has 6 nitrogen and oxygen atoms in total. The van der Waals surface area contributed by atoms with Gasteiger partial charge in [0.25, 0.3) is 0 Å². The van der Waals surface area contributed by atoms with Crippen LogP contribution in [0.5, 0.6) is 0 Å². The molecular formula is C13H16ClN3O3. The van der Waals surface area contributed by atoms with Crippen molar-refractivity contribution in [2.45, 2.75) is 12.8 Å². The Morgan fingerprint density at radius 2 is 2.30 bits per heavy atom. The van der Waals surface area contributed by atoms with Crippen LogP contribution in [0, 0.1) is 5.92 Å². The van der Waals surface area contributed by atoms with Crippen LogP contribution in [0.4, 0.5) is 5.82 Å². The van der Waals surface area contributed by atoms with Gasteiger partial charge in [0.05, 0.1) is 23.6 Å². The van der Waals surface area contributed by atoms with Crippen LogP contribution >= 0.6 is 11.6 Å². The monoisotopic (exact) mass is 297 g/mol. The topological polar surface area (TPSA) is 85.5 Å². The lowest BCUT2D eigenvalue weighted by molar-refractivity contribution is -0.145. The lowest BCUT2D eigenvalue weighted by Gasteiger charge is -2.32. The predicted octanol–water partition coefficient (Wildman–Crippen LogP) is 1.22. The van der Waals surface area contributed by atoms with E-state index in [1.54, 1.807) is 0 Å². The number of primary amides is 1. The van der Waals surface area contributed by atoms with Gasteiger partial charge >= 0.3 is 5.97 Å². The van der Waals surface area contributed by atoms with Crippen molar-refractivity contribution < 1.29 is 14.3 Å². The zero-order valence-electron chi connectivity index (χ0n) is 11.1. The van der Waals surface area contributed by atoms with Gasteiger partial charge in [0.1, 0.15) is 5.82 Å². The van der Waals surface area contributed by atoms with Crippen LogP contribution in [0.1, 0.15) is 23.2 Å². The number of nitrogens with two attached hydrogens (primary N) is 1. The summed E-state index contributed by atoms with van der Waals surface area (Å²) in [5.74, 6) is -0.413. The van der Waals surface area contributed by atoms with Gasteiger partial charge in [-0.05, 0) is 18.9 Å². The number of rotatable bonds is 3. The molecule has 1 fully saturated rings. The molecule has 1 aromatic rings. The standard InChI is InChI=1S/C13H16ClN3O3/c1-20-13(19)8-3-2-4-17(7-8)12-10(14)5-9(6-16-12)11(15)18/h5-6,8H,2-4,7H2,1H3,(H2,15,18). The first-order valence-electron chi connectivity index (χ1n) is 6.31. The van der Waals surface area contributed by atoms with Gasteiger partial charge in [0.2, 0.25) is 5.91 Å². The molecule has 2 N–H and O–H groups in total. The number of halogens is 1. The second-order valence-electron chi connectivity index (χ2n) is 4.70. The molecule has 0 saturated carbocycles. The molecule has 20 heavy (non-hydrogen) atoms. The van der Waals surface area contributed by atoms with E-state index < -0.39 is 5.91 Å². The Morgan fingerprint density at radius 3 is 2.90 bits per heavy atom. The normalized spacial score (nSPS) is 18.7. The lowest BCUT2D eigenvalue weighted by Crippen LogP contribution is -2.39. The number of anilines is 1. The van der Waals surface area contributed by atoms with E-state index in [0.29, 0.717) is 17.4 Å². The summed E-state index contributed by atoms with van der Waals surface area (Å²) in [4.78, 5) is 28.8. The van der Waals surface area contributed by atoms with E-state index in [4.69, 9.17) is 22.1 Å². The van der Waals surface area contributed by atoms with Crippen LogP contribution in [0.2, 0.25) is 5.02 Å². The van der Waals surface area contributed by atoms with Crippen LogP contribution < -0.4 is 10.6 Å². The maximum absolute atomic E-state index is 11.6. The van der Waals surface area contributed by atoms with Crippen LogP contribution in [0.3, 0.4) is 0 Å². The first-order valence-corrected chi connectivity index (χ1v) is 6.69. The number of hydrogen-bond donors (Lipinski definition) is 1. The molecule has 2 heterocycles. The molecule has 1 saturated heterocycles.